The van der Waals surface area contributed by atoms with Crippen molar-refractivity contribution in [3.8, 4) is 0 Å². The molecule has 3 heteroatoms. The van der Waals surface area contributed by atoms with Crippen LogP contribution in [0.25, 0.3) is 0 Å². The maximum atomic E-state index is 11.5. The smallest absolute Gasteiger partial charge is 0.220 e. The van der Waals surface area contributed by atoms with Crippen molar-refractivity contribution in [2.45, 2.75) is 53.0 Å². The molecule has 0 fully saturated rings. The molecule has 0 saturated carbocycles. The van der Waals surface area contributed by atoms with Crippen molar-refractivity contribution in [2.24, 2.45) is 5.92 Å². The van der Waals surface area contributed by atoms with Gasteiger partial charge in [-0.2, -0.15) is 0 Å². The molecule has 0 saturated heterocycles. The summed E-state index contributed by atoms with van der Waals surface area (Å²) in [6, 6.07) is -0.285. The fourth-order valence-corrected chi connectivity index (χ4v) is 1.29. The van der Waals surface area contributed by atoms with Gasteiger partial charge in [0.1, 0.15) is 0 Å². The Morgan fingerprint density at radius 1 is 1.14 bits per heavy atom. The molecule has 1 atom stereocenters. The van der Waals surface area contributed by atoms with E-state index in [1.54, 1.807) is 6.92 Å². The molecule has 0 radical (unpaired) electrons. The van der Waals surface area contributed by atoms with Gasteiger partial charge in [0.25, 0.3) is 0 Å². The van der Waals surface area contributed by atoms with Crippen LogP contribution in [0, 0.1) is 5.92 Å². The largest absolute Gasteiger partial charge is 0.346 e. The van der Waals surface area contributed by atoms with Crippen LogP contribution >= 0.6 is 0 Å². The van der Waals surface area contributed by atoms with Gasteiger partial charge in [-0.15, -0.1) is 0 Å². The molecule has 0 aromatic rings. The van der Waals surface area contributed by atoms with E-state index in [2.05, 4.69) is 5.32 Å². The van der Waals surface area contributed by atoms with E-state index in [1.165, 1.54) is 0 Å². The molecule has 1 N–H and O–H groups in total. The van der Waals surface area contributed by atoms with Crippen molar-refractivity contribution in [2.75, 3.05) is 0 Å². The topological polar surface area (TPSA) is 46.2 Å². The summed E-state index contributed by atoms with van der Waals surface area (Å²) >= 11 is 0. The Balaban J connectivity index is 4.24. The van der Waals surface area contributed by atoms with Crippen molar-refractivity contribution >= 4 is 11.7 Å². The number of hydrogen-bond donors (Lipinski definition) is 1. The van der Waals surface area contributed by atoms with Gasteiger partial charge in [-0.05, 0) is 12.3 Å². The van der Waals surface area contributed by atoms with Gasteiger partial charge in [0, 0.05) is 12.8 Å². The average molecular weight is 199 g/mol. The SMILES string of the molecule is CCC(=O)N[C@@H](CC(C)C)C(=O)CC. The number of carbonyl (C=O) groups is 2. The Kier molecular flexibility index (Phi) is 6.17. The minimum Gasteiger partial charge on any atom is -0.346 e. The molecule has 0 spiro atoms. The van der Waals surface area contributed by atoms with Crippen LogP contribution in [-0.4, -0.2) is 17.7 Å². The van der Waals surface area contributed by atoms with Gasteiger partial charge in [-0.25, -0.2) is 0 Å². The molecule has 0 bridgehead atoms. The Morgan fingerprint density at radius 2 is 1.71 bits per heavy atom. The minimum absolute atomic E-state index is 0.0440. The number of rotatable bonds is 6. The van der Waals surface area contributed by atoms with E-state index in [-0.39, 0.29) is 17.7 Å². The van der Waals surface area contributed by atoms with Gasteiger partial charge in [-0.3, -0.25) is 9.59 Å². The summed E-state index contributed by atoms with van der Waals surface area (Å²) in [6.45, 7) is 7.72. The summed E-state index contributed by atoms with van der Waals surface area (Å²) in [5, 5.41) is 2.76. The van der Waals surface area contributed by atoms with Crippen LogP contribution in [0.5, 0.6) is 0 Å². The highest BCUT2D eigenvalue weighted by Gasteiger charge is 2.19. The molecule has 3 nitrogen and oxygen atoms in total. The van der Waals surface area contributed by atoms with Crippen LogP contribution in [0.3, 0.4) is 0 Å². The van der Waals surface area contributed by atoms with Crippen molar-refractivity contribution in [1.29, 1.82) is 0 Å². The molecule has 82 valence electrons. The van der Waals surface area contributed by atoms with E-state index in [4.69, 9.17) is 0 Å². The maximum absolute atomic E-state index is 11.5. The van der Waals surface area contributed by atoms with Crippen molar-refractivity contribution in [1.82, 2.24) is 5.32 Å². The first-order chi connectivity index (χ1) is 6.51. The second-order valence-corrected chi connectivity index (χ2v) is 3.92. The van der Waals surface area contributed by atoms with E-state index in [0.29, 0.717) is 18.8 Å². The van der Waals surface area contributed by atoms with Gasteiger partial charge < -0.3 is 5.32 Å². The molecule has 0 heterocycles. The second kappa shape index (κ2) is 6.57. The lowest BCUT2D eigenvalue weighted by molar-refractivity contribution is -0.127. The summed E-state index contributed by atoms with van der Waals surface area (Å²) in [5.41, 5.74) is 0. The Hall–Kier alpha value is -0.860. The van der Waals surface area contributed by atoms with Crippen LogP contribution in [0.4, 0.5) is 0 Å². The fourth-order valence-electron chi connectivity index (χ4n) is 1.29. The second-order valence-electron chi connectivity index (χ2n) is 3.92. The van der Waals surface area contributed by atoms with E-state index in [0.717, 1.165) is 6.42 Å². The number of hydrogen-bond acceptors (Lipinski definition) is 2. The number of amides is 1. The van der Waals surface area contributed by atoms with Crippen molar-refractivity contribution in [3.63, 3.8) is 0 Å². The van der Waals surface area contributed by atoms with Crippen LogP contribution in [0.15, 0.2) is 0 Å². The van der Waals surface area contributed by atoms with E-state index in [1.807, 2.05) is 20.8 Å². The summed E-state index contributed by atoms with van der Waals surface area (Å²) in [7, 11) is 0. The third-order valence-electron chi connectivity index (χ3n) is 2.10. The molecule has 0 aliphatic carbocycles. The number of ketones is 1. The molecule has 0 aliphatic rings. The molecule has 0 rings (SSSR count). The fraction of sp³-hybridized carbons (Fsp3) is 0.818. The molecule has 14 heavy (non-hydrogen) atoms. The molecular weight excluding hydrogens is 178 g/mol. The highest BCUT2D eigenvalue weighted by atomic mass is 16.2. The first-order valence-corrected chi connectivity index (χ1v) is 5.33. The monoisotopic (exact) mass is 199 g/mol. The summed E-state index contributed by atoms with van der Waals surface area (Å²) in [6.07, 6.45) is 1.66. The highest BCUT2D eigenvalue weighted by Crippen LogP contribution is 2.07. The molecule has 0 aromatic carbocycles. The summed E-state index contributed by atoms with van der Waals surface area (Å²) < 4.78 is 0. The Bertz CT molecular complexity index is 199. The van der Waals surface area contributed by atoms with E-state index >= 15 is 0 Å². The van der Waals surface area contributed by atoms with Crippen LogP contribution in [0.2, 0.25) is 0 Å². The molecule has 0 aromatic heterocycles. The lowest BCUT2D eigenvalue weighted by atomic mass is 9.99. The van der Waals surface area contributed by atoms with Crippen LogP contribution in [0.1, 0.15) is 47.0 Å². The third-order valence-corrected chi connectivity index (χ3v) is 2.10. The van der Waals surface area contributed by atoms with Crippen LogP contribution < -0.4 is 5.32 Å². The Morgan fingerprint density at radius 3 is 2.07 bits per heavy atom. The predicted octanol–water partition coefficient (Wildman–Crippen LogP) is 1.91. The average Bonchev–Trinajstić information content (AvgIpc) is 2.14. The Labute approximate surface area is 86.3 Å². The minimum atomic E-state index is -0.285. The van der Waals surface area contributed by atoms with Crippen molar-refractivity contribution in [3.05, 3.63) is 0 Å². The molecule has 1 amide bonds. The molecule has 0 aliphatic heterocycles. The van der Waals surface area contributed by atoms with Gasteiger partial charge >= 0.3 is 0 Å². The van der Waals surface area contributed by atoms with Gasteiger partial charge in [-0.1, -0.05) is 27.7 Å². The van der Waals surface area contributed by atoms with Crippen molar-refractivity contribution < 1.29 is 9.59 Å². The lowest BCUT2D eigenvalue weighted by Crippen LogP contribution is -2.41. The highest BCUT2D eigenvalue weighted by molar-refractivity contribution is 5.88. The summed E-state index contributed by atoms with van der Waals surface area (Å²) in [5.74, 6) is 0.505. The first-order valence-electron chi connectivity index (χ1n) is 5.33. The quantitative estimate of drug-likeness (QED) is 0.710. The predicted molar refractivity (Wildman–Crippen MR) is 57.0 cm³/mol. The standard InChI is InChI=1S/C11H21NO2/c1-5-10(13)9(7-8(3)4)12-11(14)6-2/h8-9H,5-7H2,1-4H3,(H,12,14)/t9-/m0/s1. The maximum Gasteiger partial charge on any atom is 0.220 e. The number of Topliss-reactive ketones (excluding diaryl/α,β-unsaturated/α-hetero) is 1. The molecule has 0 unspecified atom stereocenters. The first kappa shape index (κ1) is 13.1. The number of nitrogens with one attached hydrogen (secondary N) is 1. The number of carbonyl (C=O) groups excluding carboxylic acids is 2. The zero-order chi connectivity index (χ0) is 11.1. The van der Waals surface area contributed by atoms with Crippen LogP contribution in [-0.2, 0) is 9.59 Å². The zero-order valence-corrected chi connectivity index (χ0v) is 9.59. The van der Waals surface area contributed by atoms with Gasteiger partial charge in [0.2, 0.25) is 5.91 Å². The van der Waals surface area contributed by atoms with E-state index < -0.39 is 0 Å². The zero-order valence-electron chi connectivity index (χ0n) is 9.59. The van der Waals surface area contributed by atoms with Gasteiger partial charge in [0.15, 0.2) is 5.78 Å². The lowest BCUT2D eigenvalue weighted by Gasteiger charge is -2.18. The van der Waals surface area contributed by atoms with Gasteiger partial charge in [0.05, 0.1) is 6.04 Å². The summed E-state index contributed by atoms with van der Waals surface area (Å²) in [4.78, 5) is 22.6. The van der Waals surface area contributed by atoms with E-state index in [9.17, 15) is 9.59 Å². The third kappa shape index (κ3) is 5.00. The normalized spacial score (nSPS) is 12.6. The molecular formula is C11H21NO2.